The molecule has 0 saturated carbocycles. The summed E-state index contributed by atoms with van der Waals surface area (Å²) in [6, 6.07) is 7.18. The molecule has 8 heteroatoms. The number of rotatable bonds is 3. The summed E-state index contributed by atoms with van der Waals surface area (Å²) in [5.41, 5.74) is 0.917. The lowest BCUT2D eigenvalue weighted by Crippen LogP contribution is -2.13. The van der Waals surface area contributed by atoms with Gasteiger partial charge < -0.3 is 10.1 Å². The van der Waals surface area contributed by atoms with Crippen LogP contribution in [0.2, 0.25) is 0 Å². The van der Waals surface area contributed by atoms with Gasteiger partial charge in [0.15, 0.2) is 0 Å². The highest BCUT2D eigenvalue weighted by atomic mass is 32.2. The number of hydrogen-bond donors (Lipinski definition) is 0. The standard InChI is InChI=1S/C10H9N3O4S/c1-8-2-4-9(5-3-8)18(16,17)12-7-6-10(11-12)13(14)15/h2-7H,1H3. The first kappa shape index (κ1) is 12.2. The van der Waals surface area contributed by atoms with Gasteiger partial charge in [-0.25, -0.2) is 0 Å². The fourth-order valence-corrected chi connectivity index (χ4v) is 2.46. The Morgan fingerprint density at radius 2 is 1.83 bits per heavy atom. The molecule has 0 fully saturated rings. The molecule has 0 amide bonds. The van der Waals surface area contributed by atoms with E-state index in [1.165, 1.54) is 12.1 Å². The van der Waals surface area contributed by atoms with Gasteiger partial charge in [-0.05, 0) is 24.0 Å². The summed E-state index contributed by atoms with van der Waals surface area (Å²) in [7, 11) is -3.87. The SMILES string of the molecule is Cc1ccc(S(=O)(=O)n2ccc([N+](=O)[O-])n2)cc1. The molecular formula is C10H9N3O4S. The second-order valence-electron chi connectivity index (χ2n) is 3.62. The minimum atomic E-state index is -3.87. The maximum absolute atomic E-state index is 12.1. The van der Waals surface area contributed by atoms with Crippen LogP contribution in [0.3, 0.4) is 0 Å². The van der Waals surface area contributed by atoms with E-state index in [0.717, 1.165) is 17.8 Å². The van der Waals surface area contributed by atoms with E-state index in [1.807, 2.05) is 6.92 Å². The van der Waals surface area contributed by atoms with E-state index in [9.17, 15) is 18.5 Å². The van der Waals surface area contributed by atoms with E-state index in [0.29, 0.717) is 4.09 Å². The number of benzene rings is 1. The first-order valence-electron chi connectivity index (χ1n) is 4.93. The Bertz CT molecular complexity index is 688. The third-order valence-electron chi connectivity index (χ3n) is 2.30. The van der Waals surface area contributed by atoms with E-state index >= 15 is 0 Å². The molecule has 2 rings (SSSR count). The largest absolute Gasteiger partial charge is 0.391 e. The summed E-state index contributed by atoms with van der Waals surface area (Å²) in [6.45, 7) is 1.83. The molecular weight excluding hydrogens is 258 g/mol. The molecule has 0 spiro atoms. The lowest BCUT2D eigenvalue weighted by molar-refractivity contribution is -0.389. The van der Waals surface area contributed by atoms with Gasteiger partial charge in [-0.2, -0.15) is 8.42 Å². The fourth-order valence-electron chi connectivity index (χ4n) is 1.35. The van der Waals surface area contributed by atoms with Crippen LogP contribution in [-0.4, -0.2) is 22.5 Å². The van der Waals surface area contributed by atoms with Crippen molar-refractivity contribution in [2.24, 2.45) is 0 Å². The van der Waals surface area contributed by atoms with Gasteiger partial charge in [-0.15, -0.1) is 0 Å². The average molecular weight is 267 g/mol. The second kappa shape index (κ2) is 4.22. The maximum atomic E-state index is 12.1. The normalized spacial score (nSPS) is 11.4. The summed E-state index contributed by atoms with van der Waals surface area (Å²) >= 11 is 0. The Hall–Kier alpha value is -2.22. The number of aromatic nitrogens is 2. The molecule has 18 heavy (non-hydrogen) atoms. The van der Waals surface area contributed by atoms with Crippen LogP contribution in [0.5, 0.6) is 0 Å². The summed E-state index contributed by atoms with van der Waals surface area (Å²) in [6.07, 6.45) is 1.05. The van der Waals surface area contributed by atoms with Crippen LogP contribution in [0, 0.1) is 17.0 Å². The van der Waals surface area contributed by atoms with E-state index in [2.05, 4.69) is 5.10 Å². The maximum Gasteiger partial charge on any atom is 0.391 e. The zero-order chi connectivity index (χ0) is 13.3. The van der Waals surface area contributed by atoms with Gasteiger partial charge in [-0.3, -0.25) is 0 Å². The summed E-state index contributed by atoms with van der Waals surface area (Å²) in [5, 5.41) is 13.9. The molecule has 94 valence electrons. The molecule has 0 radical (unpaired) electrons. The minimum absolute atomic E-state index is 0.0334. The zero-order valence-electron chi connectivity index (χ0n) is 9.35. The number of nitrogens with zero attached hydrogens (tertiary/aromatic N) is 3. The Kier molecular flexibility index (Phi) is 2.87. The van der Waals surface area contributed by atoms with Gasteiger partial charge in [0.2, 0.25) is 0 Å². The van der Waals surface area contributed by atoms with Crippen LogP contribution in [0.25, 0.3) is 0 Å². The Labute approximate surface area is 103 Å². The van der Waals surface area contributed by atoms with E-state index < -0.39 is 20.8 Å². The molecule has 1 aromatic carbocycles. The molecule has 7 nitrogen and oxygen atoms in total. The van der Waals surface area contributed by atoms with Gasteiger partial charge >= 0.3 is 5.82 Å². The van der Waals surface area contributed by atoms with Crippen molar-refractivity contribution in [2.45, 2.75) is 11.8 Å². The van der Waals surface area contributed by atoms with Crippen LogP contribution in [0.15, 0.2) is 41.4 Å². The first-order chi connectivity index (χ1) is 8.41. The highest BCUT2D eigenvalue weighted by molar-refractivity contribution is 7.89. The molecule has 0 bridgehead atoms. The van der Waals surface area contributed by atoms with Gasteiger partial charge in [-0.1, -0.05) is 21.8 Å². The Morgan fingerprint density at radius 3 is 2.33 bits per heavy atom. The monoisotopic (exact) mass is 267 g/mol. The molecule has 0 aliphatic rings. The van der Waals surface area contributed by atoms with Crippen LogP contribution < -0.4 is 0 Å². The van der Waals surface area contributed by atoms with Crippen LogP contribution in [0.1, 0.15) is 5.56 Å². The molecule has 2 aromatic rings. The minimum Gasteiger partial charge on any atom is -0.358 e. The molecule has 1 heterocycles. The van der Waals surface area contributed by atoms with Crippen LogP contribution in [-0.2, 0) is 10.0 Å². The average Bonchev–Trinajstić information content (AvgIpc) is 2.79. The highest BCUT2D eigenvalue weighted by Crippen LogP contribution is 2.15. The zero-order valence-corrected chi connectivity index (χ0v) is 10.2. The van der Waals surface area contributed by atoms with E-state index in [4.69, 9.17) is 0 Å². The third kappa shape index (κ3) is 2.09. The second-order valence-corrected chi connectivity index (χ2v) is 5.42. The van der Waals surface area contributed by atoms with Crippen molar-refractivity contribution in [3.05, 3.63) is 52.2 Å². The van der Waals surface area contributed by atoms with Gasteiger partial charge in [0, 0.05) is 0 Å². The first-order valence-corrected chi connectivity index (χ1v) is 6.37. The molecule has 0 aliphatic carbocycles. The van der Waals surface area contributed by atoms with Crippen molar-refractivity contribution in [3.8, 4) is 0 Å². The summed E-state index contributed by atoms with van der Waals surface area (Å²) in [5.74, 6) is -0.509. The van der Waals surface area contributed by atoms with Crippen molar-refractivity contribution < 1.29 is 13.3 Å². The van der Waals surface area contributed by atoms with Gasteiger partial charge in [0.25, 0.3) is 10.0 Å². The van der Waals surface area contributed by atoms with Crippen LogP contribution in [0.4, 0.5) is 5.82 Å². The molecule has 0 unspecified atom stereocenters. The van der Waals surface area contributed by atoms with Gasteiger partial charge in [0.05, 0.1) is 22.3 Å². The number of hydrogen-bond acceptors (Lipinski definition) is 5. The molecule has 0 aliphatic heterocycles. The predicted molar refractivity (Wildman–Crippen MR) is 62.6 cm³/mol. The number of nitro groups is 1. The Balaban J connectivity index is 2.47. The summed E-state index contributed by atoms with van der Waals surface area (Å²) < 4.78 is 24.7. The molecule has 0 N–H and O–H groups in total. The van der Waals surface area contributed by atoms with E-state index in [-0.39, 0.29) is 4.90 Å². The number of aryl methyl sites for hydroxylation is 1. The van der Waals surface area contributed by atoms with Gasteiger partial charge in [0.1, 0.15) is 0 Å². The van der Waals surface area contributed by atoms with Crippen molar-refractivity contribution in [1.29, 1.82) is 0 Å². The predicted octanol–water partition coefficient (Wildman–Crippen LogP) is 1.34. The summed E-state index contributed by atoms with van der Waals surface area (Å²) in [4.78, 5) is 9.74. The topological polar surface area (TPSA) is 95.1 Å². The van der Waals surface area contributed by atoms with Crippen molar-refractivity contribution in [2.75, 3.05) is 0 Å². The van der Waals surface area contributed by atoms with Crippen molar-refractivity contribution >= 4 is 15.8 Å². The van der Waals surface area contributed by atoms with Crippen LogP contribution >= 0.6 is 0 Å². The highest BCUT2D eigenvalue weighted by Gasteiger charge is 2.23. The quantitative estimate of drug-likeness (QED) is 0.617. The molecule has 0 saturated heterocycles. The van der Waals surface area contributed by atoms with Crippen molar-refractivity contribution in [3.63, 3.8) is 0 Å². The molecule has 0 atom stereocenters. The molecule has 1 aromatic heterocycles. The van der Waals surface area contributed by atoms with Crippen molar-refractivity contribution in [1.82, 2.24) is 9.19 Å². The lowest BCUT2D eigenvalue weighted by atomic mass is 10.2. The third-order valence-corrected chi connectivity index (χ3v) is 3.87. The lowest BCUT2D eigenvalue weighted by Gasteiger charge is -2.00. The van der Waals surface area contributed by atoms with E-state index in [1.54, 1.807) is 12.1 Å². The smallest absolute Gasteiger partial charge is 0.358 e. The Morgan fingerprint density at radius 1 is 1.22 bits per heavy atom. The fraction of sp³-hybridized carbons (Fsp3) is 0.100.